The molecule has 3 aromatic carbocycles. The smallest absolute Gasteiger partial charge is 0.251 e. The summed E-state index contributed by atoms with van der Waals surface area (Å²) in [7, 11) is -3.45. The second-order valence-corrected chi connectivity index (χ2v) is 12.2. The van der Waals surface area contributed by atoms with E-state index >= 15 is 0 Å². The average molecular weight is 610 g/mol. The normalized spacial score (nSPS) is 14.6. The van der Waals surface area contributed by atoms with Crippen molar-refractivity contribution < 1.29 is 18.0 Å². The monoisotopic (exact) mass is 608 g/mol. The highest BCUT2D eigenvalue weighted by molar-refractivity contribution is 7.92. The molecule has 2 N–H and O–H groups in total. The van der Waals surface area contributed by atoms with Gasteiger partial charge in [0.1, 0.15) is 6.04 Å². The van der Waals surface area contributed by atoms with Crippen LogP contribution in [-0.4, -0.2) is 63.6 Å². The van der Waals surface area contributed by atoms with Gasteiger partial charge in [-0.2, -0.15) is 0 Å². The molecule has 1 unspecified atom stereocenters. The van der Waals surface area contributed by atoms with Gasteiger partial charge in [0.05, 0.1) is 27.7 Å². The topological polar surface area (TPSA) is 98.8 Å². The Morgan fingerprint density at radius 1 is 0.897 bits per heavy atom. The zero-order valence-electron chi connectivity index (χ0n) is 21.0. The maximum atomic E-state index is 13.7. The number of hydrogen-bond donors (Lipinski definition) is 2. The van der Waals surface area contributed by atoms with Crippen molar-refractivity contribution in [1.29, 1.82) is 0 Å². The van der Waals surface area contributed by atoms with E-state index in [-0.39, 0.29) is 22.9 Å². The van der Waals surface area contributed by atoms with Gasteiger partial charge in [-0.15, -0.1) is 0 Å². The van der Waals surface area contributed by atoms with Gasteiger partial charge < -0.3 is 15.1 Å². The number of sulfonamides is 1. The van der Waals surface area contributed by atoms with E-state index < -0.39 is 22.0 Å². The van der Waals surface area contributed by atoms with E-state index in [4.69, 9.17) is 34.8 Å². The molecule has 1 aliphatic rings. The van der Waals surface area contributed by atoms with Crippen LogP contribution in [0.5, 0.6) is 0 Å². The molecule has 0 aliphatic carbocycles. The Morgan fingerprint density at radius 2 is 1.56 bits per heavy atom. The first kappa shape index (κ1) is 29.0. The summed E-state index contributed by atoms with van der Waals surface area (Å²) in [5.74, 6) is -0.666. The van der Waals surface area contributed by atoms with E-state index in [2.05, 4.69) is 10.0 Å². The first-order valence-electron chi connectivity index (χ1n) is 12.1. The van der Waals surface area contributed by atoms with Crippen LogP contribution in [0, 0.1) is 0 Å². The molecule has 1 aliphatic heterocycles. The average Bonchev–Trinajstić information content (AvgIpc) is 2.90. The Morgan fingerprint density at radius 3 is 2.21 bits per heavy atom. The molecule has 0 bridgehead atoms. The molecule has 0 spiro atoms. The summed E-state index contributed by atoms with van der Waals surface area (Å²) < 4.78 is 26.2. The van der Waals surface area contributed by atoms with Crippen LogP contribution >= 0.6 is 34.8 Å². The third-order valence-electron chi connectivity index (χ3n) is 6.27. The Bertz CT molecular complexity index is 1460. The molecule has 2 amide bonds. The Balaban J connectivity index is 1.49. The molecule has 1 heterocycles. The SMILES string of the molecule is CS(=O)(=O)Nc1ccccc1N1CCN(C(=O)C(Cc2ccc(Cl)cc2)NC(=O)c2ccc(Cl)c(Cl)c2)CC1. The number of para-hydroxylation sites is 2. The number of carbonyl (C=O) groups is 2. The zero-order valence-corrected chi connectivity index (χ0v) is 24.1. The number of halogens is 3. The molecule has 206 valence electrons. The largest absolute Gasteiger partial charge is 0.366 e. The van der Waals surface area contributed by atoms with E-state index in [0.29, 0.717) is 41.9 Å². The van der Waals surface area contributed by atoms with Crippen molar-refractivity contribution in [2.75, 3.05) is 42.1 Å². The number of benzene rings is 3. The predicted molar refractivity (Wildman–Crippen MR) is 157 cm³/mol. The van der Waals surface area contributed by atoms with Crippen LogP contribution in [-0.2, 0) is 21.2 Å². The number of rotatable bonds is 8. The Kier molecular flexibility index (Phi) is 9.27. The van der Waals surface area contributed by atoms with Crippen LogP contribution < -0.4 is 14.9 Å². The molecule has 8 nitrogen and oxygen atoms in total. The summed E-state index contributed by atoms with van der Waals surface area (Å²) >= 11 is 18.1. The summed E-state index contributed by atoms with van der Waals surface area (Å²) in [6.45, 7) is 1.77. The van der Waals surface area contributed by atoms with Crippen LogP contribution in [0.1, 0.15) is 15.9 Å². The molecule has 1 fully saturated rings. The van der Waals surface area contributed by atoms with Gasteiger partial charge in [-0.1, -0.05) is 59.1 Å². The number of amides is 2. The van der Waals surface area contributed by atoms with Gasteiger partial charge in [0.15, 0.2) is 0 Å². The number of anilines is 2. The van der Waals surface area contributed by atoms with Gasteiger partial charge in [0.2, 0.25) is 15.9 Å². The van der Waals surface area contributed by atoms with Crippen molar-refractivity contribution in [3.05, 3.63) is 92.9 Å². The number of piperazine rings is 1. The van der Waals surface area contributed by atoms with E-state index in [1.165, 1.54) is 12.1 Å². The maximum Gasteiger partial charge on any atom is 0.251 e. The minimum Gasteiger partial charge on any atom is -0.366 e. The molecule has 1 atom stereocenters. The lowest BCUT2D eigenvalue weighted by atomic mass is 10.0. The van der Waals surface area contributed by atoms with Gasteiger partial charge in [-0.3, -0.25) is 14.3 Å². The van der Waals surface area contributed by atoms with Gasteiger partial charge in [0.25, 0.3) is 5.91 Å². The second kappa shape index (κ2) is 12.5. The quantitative estimate of drug-likeness (QED) is 0.386. The molecule has 0 saturated carbocycles. The van der Waals surface area contributed by atoms with Gasteiger partial charge >= 0.3 is 0 Å². The molecule has 3 aromatic rings. The van der Waals surface area contributed by atoms with Crippen LogP contribution in [0.25, 0.3) is 0 Å². The van der Waals surface area contributed by atoms with E-state index in [1.54, 1.807) is 35.2 Å². The van der Waals surface area contributed by atoms with Crippen molar-refractivity contribution in [1.82, 2.24) is 10.2 Å². The highest BCUT2D eigenvalue weighted by Crippen LogP contribution is 2.28. The first-order chi connectivity index (χ1) is 18.5. The maximum absolute atomic E-state index is 13.7. The molecule has 4 rings (SSSR count). The lowest BCUT2D eigenvalue weighted by Crippen LogP contribution is -2.55. The first-order valence-corrected chi connectivity index (χ1v) is 15.1. The number of hydrogen-bond acceptors (Lipinski definition) is 5. The minimum atomic E-state index is -3.45. The number of nitrogens with one attached hydrogen (secondary N) is 2. The van der Waals surface area contributed by atoms with E-state index in [1.807, 2.05) is 29.2 Å². The summed E-state index contributed by atoms with van der Waals surface area (Å²) in [4.78, 5) is 30.5. The summed E-state index contributed by atoms with van der Waals surface area (Å²) in [5.41, 5.74) is 2.35. The van der Waals surface area contributed by atoms with Crippen LogP contribution in [0.2, 0.25) is 15.1 Å². The van der Waals surface area contributed by atoms with Gasteiger partial charge in [-0.25, -0.2) is 8.42 Å². The summed E-state index contributed by atoms with van der Waals surface area (Å²) in [5, 5.41) is 4.00. The predicted octanol–water partition coefficient (Wildman–Crippen LogP) is 4.71. The fourth-order valence-corrected chi connectivity index (χ4v) is 5.35. The van der Waals surface area contributed by atoms with Crippen LogP contribution in [0.3, 0.4) is 0 Å². The van der Waals surface area contributed by atoms with Crippen molar-refractivity contribution in [2.24, 2.45) is 0 Å². The highest BCUT2D eigenvalue weighted by Gasteiger charge is 2.30. The zero-order chi connectivity index (χ0) is 28.2. The molecule has 1 saturated heterocycles. The third-order valence-corrected chi connectivity index (χ3v) is 7.85. The van der Waals surface area contributed by atoms with Crippen molar-refractivity contribution in [2.45, 2.75) is 12.5 Å². The molecule has 0 radical (unpaired) electrons. The molecular weight excluding hydrogens is 583 g/mol. The molecule has 0 aromatic heterocycles. The second-order valence-electron chi connectivity index (χ2n) is 9.19. The van der Waals surface area contributed by atoms with Crippen molar-refractivity contribution in [3.63, 3.8) is 0 Å². The van der Waals surface area contributed by atoms with Crippen molar-refractivity contribution in [3.8, 4) is 0 Å². The Hall–Kier alpha value is -2.98. The lowest BCUT2D eigenvalue weighted by molar-refractivity contribution is -0.133. The Labute approximate surface area is 242 Å². The number of nitrogens with zero attached hydrogens (tertiary/aromatic N) is 2. The van der Waals surface area contributed by atoms with Crippen molar-refractivity contribution >= 4 is 68.0 Å². The molecule has 12 heteroatoms. The fraction of sp³-hybridized carbons (Fsp3) is 0.259. The van der Waals surface area contributed by atoms with Crippen LogP contribution in [0.15, 0.2) is 66.7 Å². The minimum absolute atomic E-state index is 0.222. The van der Waals surface area contributed by atoms with E-state index in [9.17, 15) is 18.0 Å². The number of carbonyl (C=O) groups excluding carboxylic acids is 2. The van der Waals surface area contributed by atoms with Gasteiger partial charge in [0, 0.05) is 43.2 Å². The van der Waals surface area contributed by atoms with E-state index in [0.717, 1.165) is 17.5 Å². The standard InChI is InChI=1S/C27H27Cl3N4O4S/c1-39(37,38)32-23-4-2-3-5-25(23)33-12-14-34(15-13-33)27(36)24(16-18-6-9-20(28)10-7-18)31-26(35)19-8-11-21(29)22(30)17-19/h2-11,17,24,32H,12-16H2,1H3,(H,31,35). The lowest BCUT2D eigenvalue weighted by Gasteiger charge is -2.38. The molecular formula is C27H27Cl3N4O4S. The summed E-state index contributed by atoms with van der Waals surface area (Å²) in [6.07, 6.45) is 1.37. The third kappa shape index (κ3) is 7.79. The fourth-order valence-electron chi connectivity index (χ4n) is 4.36. The van der Waals surface area contributed by atoms with Gasteiger partial charge in [-0.05, 0) is 48.0 Å². The summed E-state index contributed by atoms with van der Waals surface area (Å²) in [6, 6.07) is 18.0. The highest BCUT2D eigenvalue weighted by atomic mass is 35.5. The molecule has 39 heavy (non-hydrogen) atoms. The van der Waals surface area contributed by atoms with Crippen LogP contribution in [0.4, 0.5) is 11.4 Å².